The van der Waals surface area contributed by atoms with E-state index in [4.69, 9.17) is 0 Å². The second-order valence-electron chi connectivity index (χ2n) is 4.85. The third-order valence-electron chi connectivity index (χ3n) is 3.45. The van der Waals surface area contributed by atoms with E-state index in [9.17, 15) is 4.79 Å². The van der Waals surface area contributed by atoms with Crippen LogP contribution >= 0.6 is 0 Å². The van der Waals surface area contributed by atoms with Crippen molar-refractivity contribution in [2.45, 2.75) is 25.7 Å². The van der Waals surface area contributed by atoms with Gasteiger partial charge in [-0.25, -0.2) is 0 Å². The number of carbonyl (C=O) groups is 1. The number of nitrogens with zero attached hydrogens (tertiary/aromatic N) is 1. The molecule has 0 amide bonds. The average Bonchev–Trinajstić information content (AvgIpc) is 2.98. The van der Waals surface area contributed by atoms with Gasteiger partial charge in [-0.15, -0.1) is 0 Å². The topological polar surface area (TPSA) is 41.6 Å². The molecule has 1 aromatic rings. The summed E-state index contributed by atoms with van der Waals surface area (Å²) in [6.07, 6.45) is 3.86. The first kappa shape index (κ1) is 13.7. The fraction of sp³-hybridized carbons (Fsp3) is 0.533. The van der Waals surface area contributed by atoms with Crippen molar-refractivity contribution in [2.75, 3.05) is 37.0 Å². The fourth-order valence-corrected chi connectivity index (χ4v) is 2.33. The first-order chi connectivity index (χ1) is 9.29. The standard InChI is InChI=1S/C15H22N2O2/c1-19-15(18)5-4-10-16-13-6-8-14(9-7-13)17-11-2-3-12-17/h6-9,16H,2-5,10-12H2,1H3. The van der Waals surface area contributed by atoms with Gasteiger partial charge in [0, 0.05) is 37.4 Å². The van der Waals surface area contributed by atoms with Crippen LogP contribution in [0.4, 0.5) is 11.4 Å². The van der Waals surface area contributed by atoms with Crippen LogP contribution < -0.4 is 10.2 Å². The van der Waals surface area contributed by atoms with E-state index in [1.807, 2.05) is 0 Å². The smallest absolute Gasteiger partial charge is 0.305 e. The molecule has 1 heterocycles. The summed E-state index contributed by atoms with van der Waals surface area (Å²) in [7, 11) is 1.42. The number of nitrogens with one attached hydrogen (secondary N) is 1. The van der Waals surface area contributed by atoms with E-state index >= 15 is 0 Å². The van der Waals surface area contributed by atoms with Gasteiger partial charge in [-0.05, 0) is 43.5 Å². The Morgan fingerprint density at radius 2 is 1.95 bits per heavy atom. The van der Waals surface area contributed by atoms with Gasteiger partial charge in [-0.3, -0.25) is 4.79 Å². The summed E-state index contributed by atoms with van der Waals surface area (Å²) in [4.78, 5) is 13.4. The van der Waals surface area contributed by atoms with E-state index < -0.39 is 0 Å². The van der Waals surface area contributed by atoms with Crippen molar-refractivity contribution in [3.8, 4) is 0 Å². The van der Waals surface area contributed by atoms with Crippen LogP contribution in [0.25, 0.3) is 0 Å². The summed E-state index contributed by atoms with van der Waals surface area (Å²) in [5.74, 6) is -0.147. The van der Waals surface area contributed by atoms with Crippen molar-refractivity contribution in [2.24, 2.45) is 0 Å². The number of ether oxygens (including phenoxy) is 1. The van der Waals surface area contributed by atoms with Crippen molar-refractivity contribution < 1.29 is 9.53 Å². The van der Waals surface area contributed by atoms with E-state index in [-0.39, 0.29) is 5.97 Å². The SMILES string of the molecule is COC(=O)CCCNc1ccc(N2CCCC2)cc1. The Bertz CT molecular complexity index is 397. The summed E-state index contributed by atoms with van der Waals surface area (Å²) in [6, 6.07) is 8.53. The zero-order chi connectivity index (χ0) is 13.5. The number of anilines is 2. The molecule has 0 radical (unpaired) electrons. The molecular weight excluding hydrogens is 240 g/mol. The van der Waals surface area contributed by atoms with Gasteiger partial charge in [-0.2, -0.15) is 0 Å². The highest BCUT2D eigenvalue weighted by atomic mass is 16.5. The van der Waals surface area contributed by atoms with Crippen LogP contribution in [0.5, 0.6) is 0 Å². The number of esters is 1. The van der Waals surface area contributed by atoms with E-state index in [1.165, 1.54) is 38.7 Å². The minimum absolute atomic E-state index is 0.147. The summed E-state index contributed by atoms with van der Waals surface area (Å²) in [5.41, 5.74) is 2.41. The fourth-order valence-electron chi connectivity index (χ4n) is 2.33. The van der Waals surface area contributed by atoms with Gasteiger partial charge in [0.05, 0.1) is 7.11 Å². The van der Waals surface area contributed by atoms with Gasteiger partial charge in [-0.1, -0.05) is 0 Å². The molecule has 0 unspecified atom stereocenters. The van der Waals surface area contributed by atoms with Gasteiger partial charge in [0.2, 0.25) is 0 Å². The summed E-state index contributed by atoms with van der Waals surface area (Å²) in [6.45, 7) is 3.13. The zero-order valence-electron chi connectivity index (χ0n) is 11.5. The summed E-state index contributed by atoms with van der Waals surface area (Å²) < 4.78 is 4.60. The van der Waals surface area contributed by atoms with Crippen LogP contribution in [-0.4, -0.2) is 32.7 Å². The highest BCUT2D eigenvalue weighted by molar-refractivity contribution is 5.69. The molecule has 0 saturated carbocycles. The largest absolute Gasteiger partial charge is 0.469 e. The molecule has 0 atom stereocenters. The third-order valence-corrected chi connectivity index (χ3v) is 3.45. The predicted molar refractivity (Wildman–Crippen MR) is 77.6 cm³/mol. The van der Waals surface area contributed by atoms with E-state index in [0.29, 0.717) is 6.42 Å². The molecule has 1 aromatic carbocycles. The Balaban J connectivity index is 1.74. The predicted octanol–water partition coefficient (Wildman–Crippen LogP) is 2.65. The lowest BCUT2D eigenvalue weighted by Gasteiger charge is -2.18. The molecule has 2 rings (SSSR count). The summed E-state index contributed by atoms with van der Waals surface area (Å²) >= 11 is 0. The van der Waals surface area contributed by atoms with Gasteiger partial charge in [0.15, 0.2) is 0 Å². The highest BCUT2D eigenvalue weighted by Crippen LogP contribution is 2.21. The molecule has 0 aromatic heterocycles. The first-order valence-corrected chi connectivity index (χ1v) is 6.95. The number of hydrogen-bond donors (Lipinski definition) is 1. The molecule has 104 valence electrons. The Kier molecular flexibility index (Phi) is 5.07. The Hall–Kier alpha value is -1.71. The molecule has 1 saturated heterocycles. The van der Waals surface area contributed by atoms with Gasteiger partial charge in [0.1, 0.15) is 0 Å². The maximum Gasteiger partial charge on any atom is 0.305 e. The van der Waals surface area contributed by atoms with Crippen LogP contribution in [0.2, 0.25) is 0 Å². The first-order valence-electron chi connectivity index (χ1n) is 6.95. The van der Waals surface area contributed by atoms with Crippen LogP contribution in [0, 0.1) is 0 Å². The molecule has 1 aliphatic rings. The number of rotatable bonds is 6. The van der Waals surface area contributed by atoms with Crippen molar-refractivity contribution in [1.29, 1.82) is 0 Å². The normalized spacial score (nSPS) is 14.5. The molecule has 1 fully saturated rings. The van der Waals surface area contributed by atoms with Gasteiger partial charge >= 0.3 is 5.97 Å². The second-order valence-corrected chi connectivity index (χ2v) is 4.85. The Labute approximate surface area is 114 Å². The van der Waals surface area contributed by atoms with Crippen molar-refractivity contribution in [1.82, 2.24) is 0 Å². The van der Waals surface area contributed by atoms with E-state index in [0.717, 1.165) is 18.7 Å². The van der Waals surface area contributed by atoms with Crippen molar-refractivity contribution in [3.05, 3.63) is 24.3 Å². The minimum Gasteiger partial charge on any atom is -0.469 e. The molecule has 4 heteroatoms. The molecule has 1 aliphatic heterocycles. The van der Waals surface area contributed by atoms with E-state index in [1.54, 1.807) is 0 Å². The molecule has 0 spiro atoms. The molecule has 1 N–H and O–H groups in total. The lowest BCUT2D eigenvalue weighted by molar-refractivity contribution is -0.140. The third kappa shape index (κ3) is 4.16. The minimum atomic E-state index is -0.147. The molecule has 4 nitrogen and oxygen atoms in total. The Morgan fingerprint density at radius 1 is 1.26 bits per heavy atom. The maximum absolute atomic E-state index is 11.0. The van der Waals surface area contributed by atoms with Crippen molar-refractivity contribution in [3.63, 3.8) is 0 Å². The number of benzene rings is 1. The van der Waals surface area contributed by atoms with Crippen LogP contribution in [0.1, 0.15) is 25.7 Å². The Morgan fingerprint density at radius 3 is 2.58 bits per heavy atom. The van der Waals surface area contributed by atoms with Crippen LogP contribution in [-0.2, 0) is 9.53 Å². The molecule has 0 aliphatic carbocycles. The quantitative estimate of drug-likeness (QED) is 0.632. The lowest BCUT2D eigenvalue weighted by atomic mass is 10.2. The molecule has 0 bridgehead atoms. The van der Waals surface area contributed by atoms with Gasteiger partial charge in [0.25, 0.3) is 0 Å². The van der Waals surface area contributed by atoms with Gasteiger partial charge < -0.3 is 15.0 Å². The van der Waals surface area contributed by atoms with E-state index in [2.05, 4.69) is 39.2 Å². The highest BCUT2D eigenvalue weighted by Gasteiger charge is 2.11. The number of methoxy groups -OCH3 is 1. The monoisotopic (exact) mass is 262 g/mol. The average molecular weight is 262 g/mol. The lowest BCUT2D eigenvalue weighted by Crippen LogP contribution is -2.17. The summed E-state index contributed by atoms with van der Waals surface area (Å²) in [5, 5.41) is 3.32. The molecule has 19 heavy (non-hydrogen) atoms. The number of hydrogen-bond acceptors (Lipinski definition) is 4. The van der Waals surface area contributed by atoms with Crippen molar-refractivity contribution >= 4 is 17.3 Å². The van der Waals surface area contributed by atoms with Crippen LogP contribution in [0.15, 0.2) is 24.3 Å². The maximum atomic E-state index is 11.0. The number of carbonyl (C=O) groups excluding carboxylic acids is 1. The van der Waals surface area contributed by atoms with Crippen LogP contribution in [0.3, 0.4) is 0 Å². The zero-order valence-corrected chi connectivity index (χ0v) is 11.5. The second kappa shape index (κ2) is 7.02. The molecular formula is C15H22N2O2.